The van der Waals surface area contributed by atoms with Gasteiger partial charge < -0.3 is 29.5 Å². The molecular weight excluding hydrogens is 428 g/mol. The molecule has 1 fully saturated rings. The third-order valence-corrected chi connectivity index (χ3v) is 6.03. The van der Waals surface area contributed by atoms with Gasteiger partial charge in [-0.3, -0.25) is 4.79 Å². The third kappa shape index (κ3) is 4.69. The summed E-state index contributed by atoms with van der Waals surface area (Å²) in [6.07, 6.45) is -1.71. The maximum Gasteiger partial charge on any atom is 0.407 e. The molecule has 0 aromatic heterocycles. The van der Waals surface area contributed by atoms with Crippen molar-refractivity contribution in [2.24, 2.45) is 0 Å². The van der Waals surface area contributed by atoms with Crippen LogP contribution in [0.2, 0.25) is 0 Å². The average Bonchev–Trinajstić information content (AvgIpc) is 3.16. The van der Waals surface area contributed by atoms with Gasteiger partial charge in [-0.05, 0) is 22.3 Å². The number of nitrogens with zero attached hydrogens (tertiary/aromatic N) is 1. The number of hydrogen-bond donors (Lipinski definition) is 2. The van der Waals surface area contributed by atoms with Gasteiger partial charge in [0, 0.05) is 19.6 Å². The molecule has 1 heterocycles. The number of fused-ring (bicyclic) bond motifs is 3. The molecular formula is C24H26N2O7. The summed E-state index contributed by atoms with van der Waals surface area (Å²) in [6, 6.07) is 15.0. The molecule has 2 aromatic carbocycles. The SMILES string of the molecule is COC(CNC(=O)OCC1c2ccccc2-c2ccccc21)C(=O)N1CCOCC1C(=O)O. The lowest BCUT2D eigenvalue weighted by molar-refractivity contribution is -0.163. The number of alkyl carbamates (subject to hydrolysis) is 1. The summed E-state index contributed by atoms with van der Waals surface area (Å²) in [5.74, 6) is -1.75. The molecule has 4 rings (SSSR count). The van der Waals surface area contributed by atoms with E-state index in [0.717, 1.165) is 22.3 Å². The molecule has 0 saturated carbocycles. The molecule has 2 atom stereocenters. The number of aliphatic carboxylic acids is 1. The summed E-state index contributed by atoms with van der Waals surface area (Å²) in [5.41, 5.74) is 4.46. The smallest absolute Gasteiger partial charge is 0.407 e. The van der Waals surface area contributed by atoms with Gasteiger partial charge in [0.25, 0.3) is 5.91 Å². The van der Waals surface area contributed by atoms with Crippen molar-refractivity contribution < 1.29 is 33.7 Å². The Morgan fingerprint density at radius 1 is 1.12 bits per heavy atom. The lowest BCUT2D eigenvalue weighted by Gasteiger charge is -2.34. The van der Waals surface area contributed by atoms with E-state index in [9.17, 15) is 19.5 Å². The summed E-state index contributed by atoms with van der Waals surface area (Å²) in [5, 5.41) is 11.9. The number of benzene rings is 2. The molecule has 174 valence electrons. The van der Waals surface area contributed by atoms with Crippen LogP contribution >= 0.6 is 0 Å². The van der Waals surface area contributed by atoms with Crippen LogP contribution in [0.3, 0.4) is 0 Å². The minimum atomic E-state index is -1.15. The Morgan fingerprint density at radius 3 is 2.36 bits per heavy atom. The van der Waals surface area contributed by atoms with Crippen LogP contribution in [0.15, 0.2) is 48.5 Å². The largest absolute Gasteiger partial charge is 0.480 e. The van der Waals surface area contributed by atoms with Crippen LogP contribution in [-0.4, -0.2) is 80.1 Å². The lowest BCUT2D eigenvalue weighted by Crippen LogP contribution is -2.57. The zero-order valence-corrected chi connectivity index (χ0v) is 18.2. The number of rotatable bonds is 7. The fourth-order valence-corrected chi connectivity index (χ4v) is 4.35. The van der Waals surface area contributed by atoms with Gasteiger partial charge >= 0.3 is 12.1 Å². The number of amides is 2. The van der Waals surface area contributed by atoms with E-state index in [4.69, 9.17) is 14.2 Å². The molecule has 2 N–H and O–H groups in total. The number of morpholine rings is 1. The second-order valence-electron chi connectivity index (χ2n) is 7.89. The number of carboxylic acid groups (broad SMARTS) is 1. The first-order chi connectivity index (χ1) is 16.0. The number of methoxy groups -OCH3 is 1. The van der Waals surface area contributed by atoms with E-state index in [2.05, 4.69) is 17.4 Å². The molecule has 2 amide bonds. The van der Waals surface area contributed by atoms with Gasteiger partial charge in [0.1, 0.15) is 6.61 Å². The summed E-state index contributed by atoms with van der Waals surface area (Å²) in [4.78, 5) is 37.8. The van der Waals surface area contributed by atoms with Crippen LogP contribution in [0.5, 0.6) is 0 Å². The molecule has 0 spiro atoms. The van der Waals surface area contributed by atoms with Crippen molar-refractivity contribution in [2.75, 3.05) is 40.0 Å². The van der Waals surface area contributed by atoms with Crippen LogP contribution in [0.25, 0.3) is 11.1 Å². The van der Waals surface area contributed by atoms with E-state index in [0.29, 0.717) is 0 Å². The van der Waals surface area contributed by atoms with Crippen molar-refractivity contribution in [3.8, 4) is 11.1 Å². The normalized spacial score (nSPS) is 18.2. The third-order valence-electron chi connectivity index (χ3n) is 6.03. The minimum Gasteiger partial charge on any atom is -0.480 e. The van der Waals surface area contributed by atoms with Gasteiger partial charge in [-0.2, -0.15) is 0 Å². The zero-order chi connectivity index (χ0) is 23.4. The number of hydrogen-bond acceptors (Lipinski definition) is 6. The fraction of sp³-hybridized carbons (Fsp3) is 0.375. The molecule has 1 aliphatic heterocycles. The van der Waals surface area contributed by atoms with E-state index < -0.39 is 30.1 Å². The highest BCUT2D eigenvalue weighted by atomic mass is 16.5. The average molecular weight is 454 g/mol. The highest BCUT2D eigenvalue weighted by Gasteiger charge is 2.36. The van der Waals surface area contributed by atoms with Crippen molar-refractivity contribution in [1.29, 1.82) is 0 Å². The van der Waals surface area contributed by atoms with E-state index >= 15 is 0 Å². The Hall–Kier alpha value is -3.43. The van der Waals surface area contributed by atoms with Crippen LogP contribution in [-0.2, 0) is 23.8 Å². The van der Waals surface area contributed by atoms with Crippen molar-refractivity contribution in [3.63, 3.8) is 0 Å². The zero-order valence-electron chi connectivity index (χ0n) is 18.2. The van der Waals surface area contributed by atoms with Crippen molar-refractivity contribution in [2.45, 2.75) is 18.1 Å². The Balaban J connectivity index is 1.35. The van der Waals surface area contributed by atoms with Gasteiger partial charge in [0.15, 0.2) is 12.1 Å². The predicted molar refractivity (Wildman–Crippen MR) is 118 cm³/mol. The molecule has 1 aliphatic carbocycles. The molecule has 0 bridgehead atoms. The minimum absolute atomic E-state index is 0.0762. The maximum atomic E-state index is 12.8. The first kappa shape index (κ1) is 22.8. The molecule has 0 radical (unpaired) electrons. The van der Waals surface area contributed by atoms with Crippen LogP contribution in [0.4, 0.5) is 4.79 Å². The van der Waals surface area contributed by atoms with Crippen molar-refractivity contribution in [3.05, 3.63) is 59.7 Å². The fourth-order valence-electron chi connectivity index (χ4n) is 4.35. The molecule has 2 aliphatic rings. The molecule has 33 heavy (non-hydrogen) atoms. The van der Waals surface area contributed by atoms with Gasteiger partial charge in [0.2, 0.25) is 0 Å². The quantitative estimate of drug-likeness (QED) is 0.656. The first-order valence-electron chi connectivity index (χ1n) is 10.7. The monoisotopic (exact) mass is 454 g/mol. The summed E-state index contributed by atoms with van der Waals surface area (Å²) in [7, 11) is 1.33. The molecule has 2 aromatic rings. The Kier molecular flexibility index (Phi) is 6.90. The number of carboxylic acids is 1. The van der Waals surface area contributed by atoms with Gasteiger partial charge in [-0.15, -0.1) is 0 Å². The summed E-state index contributed by atoms with van der Waals surface area (Å²) < 4.78 is 15.9. The number of nitrogens with one attached hydrogen (secondary N) is 1. The van der Waals surface area contributed by atoms with E-state index in [-0.39, 0.29) is 38.8 Å². The van der Waals surface area contributed by atoms with Crippen LogP contribution in [0.1, 0.15) is 17.0 Å². The van der Waals surface area contributed by atoms with Gasteiger partial charge in [-0.25, -0.2) is 9.59 Å². The Morgan fingerprint density at radius 2 is 1.76 bits per heavy atom. The van der Waals surface area contributed by atoms with Crippen molar-refractivity contribution in [1.82, 2.24) is 10.2 Å². The predicted octanol–water partition coefficient (Wildman–Crippen LogP) is 1.85. The van der Waals surface area contributed by atoms with Gasteiger partial charge in [0.05, 0.1) is 19.8 Å². The summed E-state index contributed by atoms with van der Waals surface area (Å²) >= 11 is 0. The topological polar surface area (TPSA) is 114 Å². The summed E-state index contributed by atoms with van der Waals surface area (Å²) in [6.45, 7) is 0.301. The Bertz CT molecular complexity index is 995. The molecule has 9 heteroatoms. The van der Waals surface area contributed by atoms with Gasteiger partial charge in [-0.1, -0.05) is 48.5 Å². The van der Waals surface area contributed by atoms with Crippen molar-refractivity contribution >= 4 is 18.0 Å². The second-order valence-corrected chi connectivity index (χ2v) is 7.89. The van der Waals surface area contributed by atoms with E-state index in [1.165, 1.54) is 12.0 Å². The number of carbonyl (C=O) groups is 3. The Labute approximate surface area is 191 Å². The van der Waals surface area contributed by atoms with Crippen LogP contribution < -0.4 is 5.32 Å². The molecule has 2 unspecified atom stereocenters. The first-order valence-corrected chi connectivity index (χ1v) is 10.7. The molecule has 1 saturated heterocycles. The van der Waals surface area contributed by atoms with Crippen LogP contribution in [0, 0.1) is 0 Å². The highest BCUT2D eigenvalue weighted by molar-refractivity contribution is 5.87. The highest BCUT2D eigenvalue weighted by Crippen LogP contribution is 2.44. The van der Waals surface area contributed by atoms with E-state index in [1.54, 1.807) is 0 Å². The maximum absolute atomic E-state index is 12.8. The van der Waals surface area contributed by atoms with E-state index in [1.807, 2.05) is 36.4 Å². The second kappa shape index (κ2) is 10.0. The standard InChI is InChI=1S/C24H26N2O7/c1-31-21(22(27)26-10-11-32-14-20(26)23(28)29)12-25-24(30)33-13-19-17-8-4-2-6-15(17)16-7-3-5-9-18(16)19/h2-9,19-21H,10-14H2,1H3,(H,25,30)(H,28,29). The number of ether oxygens (including phenoxy) is 3. The lowest BCUT2D eigenvalue weighted by atomic mass is 9.98. The number of carbonyl (C=O) groups excluding carboxylic acids is 2. The molecule has 9 nitrogen and oxygen atoms in total.